The highest BCUT2D eigenvalue weighted by molar-refractivity contribution is 7.99. The van der Waals surface area contributed by atoms with Gasteiger partial charge in [-0.3, -0.25) is 0 Å². The molecule has 0 saturated heterocycles. The minimum Gasteiger partial charge on any atom is -0.478 e. The number of rotatable bonds is 3. The van der Waals surface area contributed by atoms with Crippen LogP contribution >= 0.6 is 23.4 Å². The molecule has 0 aromatic carbocycles. The van der Waals surface area contributed by atoms with Gasteiger partial charge in [-0.2, -0.15) is 0 Å². The molecule has 1 rings (SSSR count). The first kappa shape index (κ1) is 11.3. The molecule has 0 fully saturated rings. The summed E-state index contributed by atoms with van der Waals surface area (Å²) in [5, 5.41) is 9.98. The van der Waals surface area contributed by atoms with Gasteiger partial charge in [0.05, 0.1) is 10.6 Å². The fourth-order valence-electron chi connectivity index (χ4n) is 0.898. The summed E-state index contributed by atoms with van der Waals surface area (Å²) in [5.74, 6) is -0.986. The van der Waals surface area contributed by atoms with Gasteiger partial charge in [-0.15, -0.1) is 11.8 Å². The minimum absolute atomic E-state index is 0.174. The third-order valence-electron chi connectivity index (χ3n) is 1.37. The fourth-order valence-corrected chi connectivity index (χ4v) is 1.99. The summed E-state index contributed by atoms with van der Waals surface area (Å²) < 4.78 is 0. The molecule has 0 radical (unpaired) electrons. The Kier molecular flexibility index (Phi) is 3.77. The lowest BCUT2D eigenvalue weighted by Crippen LogP contribution is -1.98. The van der Waals surface area contributed by atoms with Crippen molar-refractivity contribution in [1.82, 2.24) is 4.98 Å². The van der Waals surface area contributed by atoms with Crippen molar-refractivity contribution in [1.29, 1.82) is 0 Å². The third kappa shape index (κ3) is 3.20. The number of hydrogen-bond donors (Lipinski definition) is 1. The lowest BCUT2D eigenvalue weighted by Gasteiger charge is -2.05. The molecule has 14 heavy (non-hydrogen) atoms. The Balaban J connectivity index is 3.01. The van der Waals surface area contributed by atoms with Gasteiger partial charge in [0.2, 0.25) is 0 Å². The summed E-state index contributed by atoms with van der Waals surface area (Å²) in [6.45, 7) is 4.02. The van der Waals surface area contributed by atoms with Crippen molar-refractivity contribution in [2.75, 3.05) is 0 Å². The van der Waals surface area contributed by atoms with E-state index in [-0.39, 0.29) is 10.7 Å². The van der Waals surface area contributed by atoms with E-state index in [9.17, 15) is 4.79 Å². The summed E-state index contributed by atoms with van der Waals surface area (Å²) >= 11 is 7.18. The molecule has 1 N–H and O–H groups in total. The Morgan fingerprint density at radius 3 is 2.71 bits per heavy atom. The standard InChI is InChI=1S/C9H10ClNO2S/c1-5(2)14-8-4-6(9(12)13)3-7(10)11-8/h3-5H,1-2H3,(H,12,13). The zero-order valence-electron chi connectivity index (χ0n) is 7.82. The molecule has 76 valence electrons. The number of halogens is 1. The van der Waals surface area contributed by atoms with Crippen molar-refractivity contribution in [3.63, 3.8) is 0 Å². The van der Waals surface area contributed by atoms with E-state index < -0.39 is 5.97 Å². The fraction of sp³-hybridized carbons (Fsp3) is 0.333. The first-order valence-electron chi connectivity index (χ1n) is 4.06. The predicted molar refractivity (Wildman–Crippen MR) is 57.2 cm³/mol. The molecule has 0 aliphatic rings. The second kappa shape index (κ2) is 4.66. The van der Waals surface area contributed by atoms with Crippen LogP contribution in [0.1, 0.15) is 24.2 Å². The van der Waals surface area contributed by atoms with Gasteiger partial charge in [-0.25, -0.2) is 9.78 Å². The normalized spacial score (nSPS) is 10.6. The quantitative estimate of drug-likeness (QED) is 0.642. The van der Waals surface area contributed by atoms with Crippen LogP contribution in [0.15, 0.2) is 17.2 Å². The average molecular weight is 232 g/mol. The van der Waals surface area contributed by atoms with Crippen LogP contribution in [-0.2, 0) is 0 Å². The van der Waals surface area contributed by atoms with Crippen molar-refractivity contribution >= 4 is 29.3 Å². The zero-order chi connectivity index (χ0) is 10.7. The van der Waals surface area contributed by atoms with Gasteiger partial charge in [0.1, 0.15) is 5.15 Å². The highest BCUT2D eigenvalue weighted by atomic mass is 35.5. The Morgan fingerprint density at radius 1 is 1.57 bits per heavy atom. The number of pyridine rings is 1. The van der Waals surface area contributed by atoms with E-state index in [1.165, 1.54) is 23.9 Å². The van der Waals surface area contributed by atoms with Crippen molar-refractivity contribution in [2.24, 2.45) is 0 Å². The summed E-state index contributed by atoms with van der Waals surface area (Å²) in [6, 6.07) is 2.87. The maximum absolute atomic E-state index is 10.7. The third-order valence-corrected chi connectivity index (χ3v) is 2.49. The Hall–Kier alpha value is -0.740. The number of carbonyl (C=O) groups is 1. The van der Waals surface area contributed by atoms with Crippen LogP contribution in [-0.4, -0.2) is 21.3 Å². The smallest absolute Gasteiger partial charge is 0.335 e. The molecular weight excluding hydrogens is 222 g/mol. The molecule has 0 amide bonds. The van der Waals surface area contributed by atoms with Crippen molar-refractivity contribution < 1.29 is 9.90 Å². The molecule has 0 atom stereocenters. The number of hydrogen-bond acceptors (Lipinski definition) is 3. The summed E-state index contributed by atoms with van der Waals surface area (Å²) in [4.78, 5) is 14.7. The van der Waals surface area contributed by atoms with Gasteiger partial charge in [-0.05, 0) is 12.1 Å². The molecule has 0 aliphatic carbocycles. The Labute approximate surface area is 91.5 Å². The van der Waals surface area contributed by atoms with Crippen LogP contribution < -0.4 is 0 Å². The Morgan fingerprint density at radius 2 is 2.21 bits per heavy atom. The number of aromatic nitrogens is 1. The molecule has 0 saturated carbocycles. The van der Waals surface area contributed by atoms with Crippen molar-refractivity contribution in [3.8, 4) is 0 Å². The van der Waals surface area contributed by atoms with Crippen LogP contribution in [0.4, 0.5) is 0 Å². The molecule has 5 heteroatoms. The molecule has 0 aliphatic heterocycles. The molecule has 1 aromatic rings. The van der Waals surface area contributed by atoms with Gasteiger partial charge in [0.25, 0.3) is 0 Å². The molecule has 1 heterocycles. The molecule has 0 bridgehead atoms. The number of thioether (sulfide) groups is 1. The van der Waals surface area contributed by atoms with Gasteiger partial charge in [-0.1, -0.05) is 25.4 Å². The topological polar surface area (TPSA) is 50.2 Å². The highest BCUT2D eigenvalue weighted by Crippen LogP contribution is 2.23. The number of aromatic carboxylic acids is 1. The summed E-state index contributed by atoms with van der Waals surface area (Å²) in [5.41, 5.74) is 0.174. The molecule has 0 spiro atoms. The van der Waals surface area contributed by atoms with E-state index in [1.54, 1.807) is 0 Å². The number of carboxylic acid groups (broad SMARTS) is 1. The molecular formula is C9H10ClNO2S. The van der Waals surface area contributed by atoms with Crippen molar-refractivity contribution in [3.05, 3.63) is 22.8 Å². The second-order valence-corrected chi connectivity index (χ2v) is 4.97. The van der Waals surface area contributed by atoms with E-state index in [2.05, 4.69) is 4.98 Å². The van der Waals surface area contributed by atoms with Crippen LogP contribution in [0.25, 0.3) is 0 Å². The lowest BCUT2D eigenvalue weighted by molar-refractivity contribution is 0.0696. The molecule has 0 unspecified atom stereocenters. The first-order chi connectivity index (χ1) is 6.49. The molecule has 3 nitrogen and oxygen atoms in total. The van der Waals surface area contributed by atoms with Crippen LogP contribution in [0.3, 0.4) is 0 Å². The average Bonchev–Trinajstić information content (AvgIpc) is 2.01. The molecule has 1 aromatic heterocycles. The van der Waals surface area contributed by atoms with Gasteiger partial charge >= 0.3 is 5.97 Å². The largest absolute Gasteiger partial charge is 0.478 e. The highest BCUT2D eigenvalue weighted by Gasteiger charge is 2.08. The van der Waals surface area contributed by atoms with Gasteiger partial charge in [0, 0.05) is 5.25 Å². The second-order valence-electron chi connectivity index (χ2n) is 2.99. The van der Waals surface area contributed by atoms with Gasteiger partial charge < -0.3 is 5.11 Å². The Bertz CT molecular complexity index is 355. The lowest BCUT2D eigenvalue weighted by atomic mass is 10.3. The van der Waals surface area contributed by atoms with Crippen LogP contribution in [0, 0.1) is 0 Å². The van der Waals surface area contributed by atoms with E-state index in [1.807, 2.05) is 13.8 Å². The summed E-state index contributed by atoms with van der Waals surface area (Å²) in [6.07, 6.45) is 0. The van der Waals surface area contributed by atoms with E-state index in [4.69, 9.17) is 16.7 Å². The minimum atomic E-state index is -0.986. The van der Waals surface area contributed by atoms with E-state index in [0.717, 1.165) is 0 Å². The predicted octanol–water partition coefficient (Wildman–Crippen LogP) is 2.93. The van der Waals surface area contributed by atoms with E-state index >= 15 is 0 Å². The van der Waals surface area contributed by atoms with Crippen molar-refractivity contribution in [2.45, 2.75) is 24.1 Å². The maximum Gasteiger partial charge on any atom is 0.335 e. The zero-order valence-corrected chi connectivity index (χ0v) is 9.39. The van der Waals surface area contributed by atoms with Crippen LogP contribution in [0.2, 0.25) is 5.15 Å². The van der Waals surface area contributed by atoms with Gasteiger partial charge in [0.15, 0.2) is 0 Å². The number of carboxylic acids is 1. The summed E-state index contributed by atoms with van der Waals surface area (Å²) in [7, 11) is 0. The maximum atomic E-state index is 10.7. The first-order valence-corrected chi connectivity index (χ1v) is 5.32. The number of nitrogens with zero attached hydrogens (tertiary/aromatic N) is 1. The monoisotopic (exact) mass is 231 g/mol. The SMILES string of the molecule is CC(C)Sc1cc(C(=O)O)cc(Cl)n1. The van der Waals surface area contributed by atoms with E-state index in [0.29, 0.717) is 10.3 Å². The van der Waals surface area contributed by atoms with Crippen LogP contribution in [0.5, 0.6) is 0 Å².